The molecule has 1 aromatic carbocycles. The van der Waals surface area contributed by atoms with Crippen molar-refractivity contribution in [3.8, 4) is 0 Å². The Bertz CT molecular complexity index is 421. The van der Waals surface area contributed by atoms with Crippen molar-refractivity contribution in [2.45, 2.75) is 26.3 Å². The Labute approximate surface area is 78.2 Å². The summed E-state index contributed by atoms with van der Waals surface area (Å²) in [5.74, 6) is 0. The lowest BCUT2D eigenvalue weighted by atomic mass is 10.1. The summed E-state index contributed by atoms with van der Waals surface area (Å²) >= 11 is 0. The van der Waals surface area contributed by atoms with Crippen LogP contribution in [-0.2, 0) is 5.54 Å². The Morgan fingerprint density at radius 2 is 1.85 bits per heavy atom. The van der Waals surface area contributed by atoms with E-state index >= 15 is 0 Å². The number of para-hydroxylation sites is 1. The van der Waals surface area contributed by atoms with E-state index in [4.69, 9.17) is 0 Å². The topological polar surface area (TPSA) is 17.8 Å². The standard InChI is InChI=1S/C11H14N2/c1-11(2,3)13-10-7-5-4-6-9(10)8-12-13/h4-8H,1-3H3. The Hall–Kier alpha value is -1.31. The Kier molecular flexibility index (Phi) is 1.65. The maximum atomic E-state index is 4.38. The highest BCUT2D eigenvalue weighted by Gasteiger charge is 2.15. The zero-order valence-electron chi connectivity index (χ0n) is 8.28. The molecule has 0 unspecified atom stereocenters. The SMILES string of the molecule is CC(C)(C)n1ncc2ccccc21. The van der Waals surface area contributed by atoms with Gasteiger partial charge in [0.25, 0.3) is 0 Å². The monoisotopic (exact) mass is 174 g/mol. The molecule has 0 bridgehead atoms. The highest BCUT2D eigenvalue weighted by Crippen LogP contribution is 2.20. The lowest BCUT2D eigenvalue weighted by Crippen LogP contribution is -2.22. The lowest BCUT2D eigenvalue weighted by molar-refractivity contribution is 0.368. The first-order valence-electron chi connectivity index (χ1n) is 4.52. The molecule has 1 heterocycles. The summed E-state index contributed by atoms with van der Waals surface area (Å²) in [6, 6.07) is 8.28. The van der Waals surface area contributed by atoms with Crippen LogP contribution in [0.1, 0.15) is 20.8 Å². The second-order valence-corrected chi connectivity index (χ2v) is 4.29. The summed E-state index contributed by atoms with van der Waals surface area (Å²) in [6.45, 7) is 6.48. The molecule has 2 heteroatoms. The van der Waals surface area contributed by atoms with Crippen molar-refractivity contribution in [2.24, 2.45) is 0 Å². The first kappa shape index (κ1) is 8.30. The van der Waals surface area contributed by atoms with Gasteiger partial charge in [0.05, 0.1) is 17.3 Å². The number of nitrogens with zero attached hydrogens (tertiary/aromatic N) is 2. The molecule has 13 heavy (non-hydrogen) atoms. The summed E-state index contributed by atoms with van der Waals surface area (Å²) in [6.07, 6.45) is 1.92. The zero-order chi connectivity index (χ0) is 9.47. The van der Waals surface area contributed by atoms with Crippen LogP contribution in [0.2, 0.25) is 0 Å². The van der Waals surface area contributed by atoms with E-state index in [9.17, 15) is 0 Å². The molecule has 0 aliphatic rings. The van der Waals surface area contributed by atoms with Crippen LogP contribution in [0, 0.1) is 0 Å². The normalized spacial score (nSPS) is 12.2. The summed E-state index contributed by atoms with van der Waals surface area (Å²) in [4.78, 5) is 0. The summed E-state index contributed by atoms with van der Waals surface area (Å²) in [5.41, 5.74) is 1.26. The van der Waals surface area contributed by atoms with Crippen molar-refractivity contribution in [1.29, 1.82) is 0 Å². The van der Waals surface area contributed by atoms with Crippen LogP contribution in [-0.4, -0.2) is 9.78 Å². The van der Waals surface area contributed by atoms with E-state index in [2.05, 4.69) is 42.7 Å². The molecule has 0 saturated heterocycles. The number of hydrogen-bond acceptors (Lipinski definition) is 1. The van der Waals surface area contributed by atoms with Gasteiger partial charge >= 0.3 is 0 Å². The minimum absolute atomic E-state index is 0.0586. The Morgan fingerprint density at radius 3 is 2.54 bits per heavy atom. The van der Waals surface area contributed by atoms with E-state index in [1.54, 1.807) is 0 Å². The fourth-order valence-corrected chi connectivity index (χ4v) is 1.51. The maximum Gasteiger partial charge on any atom is 0.0688 e. The fraction of sp³-hybridized carbons (Fsp3) is 0.364. The van der Waals surface area contributed by atoms with Crippen LogP contribution in [0.15, 0.2) is 30.5 Å². The van der Waals surface area contributed by atoms with Gasteiger partial charge in [-0.05, 0) is 26.8 Å². The van der Waals surface area contributed by atoms with Gasteiger partial charge in [-0.3, -0.25) is 4.68 Å². The van der Waals surface area contributed by atoms with E-state index in [1.807, 2.05) is 18.3 Å². The van der Waals surface area contributed by atoms with Gasteiger partial charge < -0.3 is 0 Å². The quantitative estimate of drug-likeness (QED) is 0.600. The van der Waals surface area contributed by atoms with E-state index in [0.717, 1.165) is 0 Å². The number of aromatic nitrogens is 2. The summed E-state index contributed by atoms with van der Waals surface area (Å²) in [7, 11) is 0. The van der Waals surface area contributed by atoms with Gasteiger partial charge in [0.1, 0.15) is 0 Å². The van der Waals surface area contributed by atoms with E-state index in [0.29, 0.717) is 0 Å². The summed E-state index contributed by atoms with van der Waals surface area (Å²) < 4.78 is 2.06. The third kappa shape index (κ3) is 1.32. The van der Waals surface area contributed by atoms with Crippen LogP contribution >= 0.6 is 0 Å². The van der Waals surface area contributed by atoms with Crippen molar-refractivity contribution < 1.29 is 0 Å². The molecular formula is C11H14N2. The molecule has 0 radical (unpaired) electrons. The van der Waals surface area contributed by atoms with E-state index in [1.165, 1.54) is 10.9 Å². The first-order valence-corrected chi connectivity index (χ1v) is 4.52. The molecular weight excluding hydrogens is 160 g/mol. The molecule has 2 rings (SSSR count). The molecule has 0 fully saturated rings. The van der Waals surface area contributed by atoms with Crippen LogP contribution in [0.3, 0.4) is 0 Å². The largest absolute Gasteiger partial charge is 0.260 e. The molecule has 0 aliphatic heterocycles. The molecule has 2 aromatic rings. The van der Waals surface area contributed by atoms with Gasteiger partial charge in [-0.25, -0.2) is 0 Å². The number of hydrogen-bond donors (Lipinski definition) is 0. The van der Waals surface area contributed by atoms with Crippen LogP contribution < -0.4 is 0 Å². The van der Waals surface area contributed by atoms with Gasteiger partial charge in [-0.15, -0.1) is 0 Å². The van der Waals surface area contributed by atoms with Crippen LogP contribution in [0.5, 0.6) is 0 Å². The van der Waals surface area contributed by atoms with Crippen molar-refractivity contribution >= 4 is 10.9 Å². The molecule has 0 amide bonds. The van der Waals surface area contributed by atoms with E-state index in [-0.39, 0.29) is 5.54 Å². The molecule has 0 saturated carbocycles. The van der Waals surface area contributed by atoms with Crippen molar-refractivity contribution in [3.63, 3.8) is 0 Å². The third-order valence-corrected chi connectivity index (χ3v) is 2.11. The van der Waals surface area contributed by atoms with Gasteiger partial charge in [0.2, 0.25) is 0 Å². The number of benzene rings is 1. The number of rotatable bonds is 0. The second-order valence-electron chi connectivity index (χ2n) is 4.29. The predicted molar refractivity (Wildman–Crippen MR) is 54.7 cm³/mol. The molecule has 0 atom stereocenters. The average molecular weight is 174 g/mol. The van der Waals surface area contributed by atoms with Crippen LogP contribution in [0.25, 0.3) is 10.9 Å². The fourth-order valence-electron chi connectivity index (χ4n) is 1.51. The van der Waals surface area contributed by atoms with E-state index < -0.39 is 0 Å². The highest BCUT2D eigenvalue weighted by atomic mass is 15.3. The Balaban J connectivity index is 2.72. The molecule has 68 valence electrons. The molecule has 0 spiro atoms. The molecule has 2 nitrogen and oxygen atoms in total. The minimum atomic E-state index is 0.0586. The number of fused-ring (bicyclic) bond motifs is 1. The first-order chi connectivity index (χ1) is 6.09. The Morgan fingerprint density at radius 1 is 1.15 bits per heavy atom. The van der Waals surface area contributed by atoms with Crippen molar-refractivity contribution in [1.82, 2.24) is 9.78 Å². The lowest BCUT2D eigenvalue weighted by Gasteiger charge is -2.20. The van der Waals surface area contributed by atoms with Gasteiger partial charge in [0.15, 0.2) is 0 Å². The molecule has 1 aromatic heterocycles. The molecule has 0 aliphatic carbocycles. The smallest absolute Gasteiger partial charge is 0.0688 e. The summed E-state index contributed by atoms with van der Waals surface area (Å²) in [5, 5.41) is 5.59. The maximum absolute atomic E-state index is 4.38. The minimum Gasteiger partial charge on any atom is -0.260 e. The van der Waals surface area contributed by atoms with Crippen molar-refractivity contribution in [2.75, 3.05) is 0 Å². The average Bonchev–Trinajstić information content (AvgIpc) is 2.45. The highest BCUT2D eigenvalue weighted by molar-refractivity contribution is 5.78. The van der Waals surface area contributed by atoms with Gasteiger partial charge in [-0.2, -0.15) is 5.10 Å². The van der Waals surface area contributed by atoms with Crippen molar-refractivity contribution in [3.05, 3.63) is 30.5 Å². The second kappa shape index (κ2) is 2.59. The van der Waals surface area contributed by atoms with Gasteiger partial charge in [0, 0.05) is 5.39 Å². The molecule has 0 N–H and O–H groups in total. The van der Waals surface area contributed by atoms with Gasteiger partial charge in [-0.1, -0.05) is 18.2 Å². The third-order valence-electron chi connectivity index (χ3n) is 2.11. The predicted octanol–water partition coefficient (Wildman–Crippen LogP) is 2.79. The van der Waals surface area contributed by atoms with Crippen LogP contribution in [0.4, 0.5) is 0 Å². The zero-order valence-corrected chi connectivity index (χ0v) is 8.28.